The molecule has 0 radical (unpaired) electrons. The van der Waals surface area contributed by atoms with Crippen LogP contribution in [0.15, 0.2) is 12.2 Å². The van der Waals surface area contributed by atoms with Crippen molar-refractivity contribution in [1.29, 1.82) is 0 Å². The third kappa shape index (κ3) is 22.3. The first-order valence-electron chi connectivity index (χ1n) is 31.2. The van der Waals surface area contributed by atoms with Crippen LogP contribution in [0, 0.1) is 59.2 Å². The minimum absolute atomic E-state index is 0.0163. The average molecular weight is 1190 g/mol. The van der Waals surface area contributed by atoms with Gasteiger partial charge in [-0.1, -0.05) is 116 Å². The van der Waals surface area contributed by atoms with Crippen LogP contribution in [0.1, 0.15) is 175 Å². The number of amides is 7. The molecule has 1 aliphatic rings. The number of aliphatic hydroxyl groups excluding tert-OH is 1. The molecule has 0 aromatic heterocycles. The van der Waals surface area contributed by atoms with Gasteiger partial charge in [-0.15, -0.1) is 0 Å². The molecule has 19 heteroatoms. The second kappa shape index (κ2) is 35.6. The Morgan fingerprint density at radius 1 is 0.524 bits per heavy atom. The number of rotatable bonds is 15. The van der Waals surface area contributed by atoms with Gasteiger partial charge in [0, 0.05) is 91.9 Å². The van der Waals surface area contributed by atoms with Crippen LogP contribution in [0.4, 0.5) is 0 Å². The maximum atomic E-state index is 15.2. The van der Waals surface area contributed by atoms with E-state index in [1.54, 1.807) is 55.8 Å². The topological polar surface area (TPSA) is 226 Å². The first kappa shape index (κ1) is 77.0. The SMILES string of the molecule is C/C=C/C[C@@H](C)[C@@H](O)[C@H]1C(=O)C[C@@H](CC)C(=O)N(C)CC(=O)N(C)[C@@H](CC(C)C)C(=O)C[C@@H](C(C)C)C(=O)N(C)[C@@H](CC(C)C)C(=O)C[C@@H](C)C(=O)N[C@H](C)CN(C)[C@@H](CC(C)C)C(=O)N(C)[C@@H](CC(C)C)C(=O)N(C)[C@@H](C(C)C)C(=O)N1C. The Balaban J connectivity index is 4.27. The minimum Gasteiger partial charge on any atom is -0.390 e. The molecule has 1 heterocycles. The number of aliphatic hydroxyl groups is 1. The maximum Gasteiger partial charge on any atom is 0.246 e. The molecule has 19 nitrogen and oxygen atoms in total. The van der Waals surface area contributed by atoms with Crippen molar-refractivity contribution in [3.05, 3.63) is 12.2 Å². The summed E-state index contributed by atoms with van der Waals surface area (Å²) >= 11 is 0. The van der Waals surface area contributed by atoms with Gasteiger partial charge in [-0.2, -0.15) is 0 Å². The Bertz CT molecular complexity index is 2230. The van der Waals surface area contributed by atoms with E-state index >= 15 is 9.59 Å². The Labute approximate surface area is 507 Å². The van der Waals surface area contributed by atoms with Gasteiger partial charge in [-0.3, -0.25) is 52.8 Å². The molecule has 1 rings (SSSR count). The maximum absolute atomic E-state index is 15.2. The molecule has 0 saturated carbocycles. The molecule has 84 heavy (non-hydrogen) atoms. The summed E-state index contributed by atoms with van der Waals surface area (Å²) in [5.41, 5.74) is 0. The van der Waals surface area contributed by atoms with Gasteiger partial charge in [0.05, 0.1) is 30.8 Å². The molecule has 12 atom stereocenters. The van der Waals surface area contributed by atoms with Gasteiger partial charge in [0.25, 0.3) is 0 Å². The molecular formula is C65H116N8O11. The largest absolute Gasteiger partial charge is 0.390 e. The van der Waals surface area contributed by atoms with E-state index in [1.807, 2.05) is 100 Å². The van der Waals surface area contributed by atoms with Crippen molar-refractivity contribution in [1.82, 2.24) is 39.6 Å². The van der Waals surface area contributed by atoms with Crippen LogP contribution in [-0.4, -0.2) is 209 Å². The van der Waals surface area contributed by atoms with Crippen molar-refractivity contribution in [3.63, 3.8) is 0 Å². The fourth-order valence-corrected chi connectivity index (χ4v) is 11.7. The molecule has 1 saturated heterocycles. The van der Waals surface area contributed by atoms with Gasteiger partial charge in [0.1, 0.15) is 18.1 Å². The highest BCUT2D eigenvalue weighted by molar-refractivity contribution is 5.98. The molecule has 0 aromatic rings. The molecule has 0 spiro atoms. The molecule has 0 aliphatic carbocycles. The Kier molecular flexibility index (Phi) is 32.6. The second-order valence-electron chi connectivity index (χ2n) is 27.2. The smallest absolute Gasteiger partial charge is 0.246 e. The molecule has 7 amide bonds. The minimum atomic E-state index is -1.45. The van der Waals surface area contributed by atoms with E-state index < -0.39 is 126 Å². The van der Waals surface area contributed by atoms with Gasteiger partial charge < -0.3 is 39.8 Å². The first-order chi connectivity index (χ1) is 38.8. The van der Waals surface area contributed by atoms with Gasteiger partial charge in [-0.25, -0.2) is 0 Å². The number of hydrogen-bond donors (Lipinski definition) is 2. The fraction of sp³-hybridized carbons (Fsp3) is 0.815. The van der Waals surface area contributed by atoms with Crippen LogP contribution < -0.4 is 5.32 Å². The van der Waals surface area contributed by atoms with E-state index in [-0.39, 0.29) is 91.6 Å². The summed E-state index contributed by atoms with van der Waals surface area (Å²) in [5, 5.41) is 15.2. The molecule has 1 fully saturated rings. The Morgan fingerprint density at radius 3 is 1.45 bits per heavy atom. The molecule has 0 unspecified atom stereocenters. The third-order valence-electron chi connectivity index (χ3n) is 17.0. The van der Waals surface area contributed by atoms with Gasteiger partial charge in [0.2, 0.25) is 41.4 Å². The monoisotopic (exact) mass is 1180 g/mol. The average Bonchev–Trinajstić information content (AvgIpc) is 2.72. The number of likely N-dealkylation sites (N-methyl/N-ethyl adjacent to an activating group) is 7. The lowest BCUT2D eigenvalue weighted by molar-refractivity contribution is -0.156. The number of allylic oxidation sites excluding steroid dienone is 2. The summed E-state index contributed by atoms with van der Waals surface area (Å²) in [6.07, 6.45) is 3.27. The quantitative estimate of drug-likeness (QED) is 0.158. The van der Waals surface area contributed by atoms with Crippen molar-refractivity contribution < 1.29 is 53.1 Å². The van der Waals surface area contributed by atoms with Crippen molar-refractivity contribution in [2.75, 3.05) is 62.4 Å². The zero-order chi connectivity index (χ0) is 65.1. The zero-order valence-corrected chi connectivity index (χ0v) is 56.5. The number of Topliss-reactive ketones (excluding diaryl/α,β-unsaturated/α-hetero) is 3. The van der Waals surface area contributed by atoms with E-state index in [9.17, 15) is 43.5 Å². The predicted molar refractivity (Wildman–Crippen MR) is 332 cm³/mol. The van der Waals surface area contributed by atoms with E-state index in [4.69, 9.17) is 0 Å². The van der Waals surface area contributed by atoms with Crippen molar-refractivity contribution in [2.45, 2.75) is 224 Å². The number of carbonyl (C=O) groups is 10. The van der Waals surface area contributed by atoms with Gasteiger partial charge >= 0.3 is 0 Å². The lowest BCUT2D eigenvalue weighted by Gasteiger charge is -2.41. The van der Waals surface area contributed by atoms with Crippen LogP contribution in [0.3, 0.4) is 0 Å². The predicted octanol–water partition coefficient (Wildman–Crippen LogP) is 7.01. The van der Waals surface area contributed by atoms with Crippen LogP contribution in [0.25, 0.3) is 0 Å². The molecule has 482 valence electrons. The summed E-state index contributed by atoms with van der Waals surface area (Å²) in [6.45, 7) is 31.4. The number of hydrogen-bond acceptors (Lipinski definition) is 12. The zero-order valence-electron chi connectivity index (χ0n) is 56.5. The molecular weight excluding hydrogens is 1070 g/mol. The molecule has 1 aliphatic heterocycles. The molecule has 0 aromatic carbocycles. The van der Waals surface area contributed by atoms with E-state index in [0.29, 0.717) is 19.3 Å². The van der Waals surface area contributed by atoms with Crippen LogP contribution >= 0.6 is 0 Å². The summed E-state index contributed by atoms with van der Waals surface area (Å²) < 4.78 is 0. The highest BCUT2D eigenvalue weighted by atomic mass is 16.3. The normalized spacial score (nSPS) is 27.6. The van der Waals surface area contributed by atoms with Crippen LogP contribution in [-0.2, 0) is 47.9 Å². The first-order valence-corrected chi connectivity index (χ1v) is 31.2. The lowest BCUT2D eigenvalue weighted by atomic mass is 9.84. The highest BCUT2D eigenvalue weighted by Crippen LogP contribution is 2.29. The number of nitrogens with one attached hydrogen (secondary N) is 1. The van der Waals surface area contributed by atoms with Crippen molar-refractivity contribution in [2.24, 2.45) is 59.2 Å². The summed E-state index contributed by atoms with van der Waals surface area (Å²) in [6, 6.07) is -6.73. The van der Waals surface area contributed by atoms with Gasteiger partial charge in [0.15, 0.2) is 17.3 Å². The van der Waals surface area contributed by atoms with Crippen molar-refractivity contribution >= 4 is 58.7 Å². The van der Waals surface area contributed by atoms with E-state index in [1.165, 1.54) is 57.6 Å². The highest BCUT2D eigenvalue weighted by Gasteiger charge is 2.45. The van der Waals surface area contributed by atoms with Crippen LogP contribution in [0.5, 0.6) is 0 Å². The number of ketones is 3. The third-order valence-corrected chi connectivity index (χ3v) is 17.0. The number of carbonyl (C=O) groups excluding carboxylic acids is 10. The van der Waals surface area contributed by atoms with Crippen LogP contribution in [0.2, 0.25) is 0 Å². The van der Waals surface area contributed by atoms with E-state index in [2.05, 4.69) is 5.32 Å². The molecule has 2 N–H and O–H groups in total. The summed E-state index contributed by atoms with van der Waals surface area (Å²) in [7, 11) is 10.8. The summed E-state index contributed by atoms with van der Waals surface area (Å²) in [5.74, 6) is -8.69. The lowest BCUT2D eigenvalue weighted by Crippen LogP contribution is -2.61. The number of nitrogens with zero attached hydrogens (tertiary/aromatic N) is 7. The Morgan fingerprint density at radius 2 is 0.976 bits per heavy atom. The standard InChI is InChI=1S/C65H116N8O11/c1-25-27-28-44(15)59(78)58-55(76)34-47(26-2)61(80)68(19)37-56(77)69(20)49(29-38(3)4)54(75)35-48(42(11)12)62(81)70(21)50(30-39(5)6)53(74)33-45(16)60(79)66-46(17)36-67(18)51(31-40(7)8)63(82)71(22)52(32-41(9)10)64(83)72(23)57(43(13)14)65(84)73(58)24/h25,27,38-52,57-59,78H,26,28-37H2,1-24H3,(H,66,79)/b27-25+/t44-,45-,46-,47-,48+,49+,50+,51+,52+,57+,58-,59-/m1/s1. The fourth-order valence-electron chi connectivity index (χ4n) is 11.7. The molecule has 0 bridgehead atoms. The van der Waals surface area contributed by atoms with E-state index in [0.717, 1.165) is 0 Å². The van der Waals surface area contributed by atoms with Gasteiger partial charge in [-0.05, 0) is 101 Å². The van der Waals surface area contributed by atoms with Crippen molar-refractivity contribution in [3.8, 4) is 0 Å². The Hall–Kier alpha value is -5.04. The summed E-state index contributed by atoms with van der Waals surface area (Å²) in [4.78, 5) is 156. The second-order valence-corrected chi connectivity index (χ2v) is 27.2.